The Bertz CT molecular complexity index is 584. The normalized spacial score (nSPS) is 10.6. The summed E-state index contributed by atoms with van der Waals surface area (Å²) in [6.45, 7) is 8.41. The Kier molecular flexibility index (Phi) is 5.69. The van der Waals surface area contributed by atoms with Gasteiger partial charge in [-0.15, -0.1) is 0 Å². The maximum atomic E-state index is 5.92. The first-order chi connectivity index (χ1) is 10.2. The van der Waals surface area contributed by atoms with Gasteiger partial charge in [-0.05, 0) is 50.6 Å². The van der Waals surface area contributed by atoms with Gasteiger partial charge < -0.3 is 10.1 Å². The van der Waals surface area contributed by atoms with Crippen molar-refractivity contribution in [3.8, 4) is 5.75 Å². The van der Waals surface area contributed by atoms with E-state index in [9.17, 15) is 0 Å². The zero-order chi connectivity index (χ0) is 15.1. The van der Waals surface area contributed by atoms with Crippen molar-refractivity contribution in [2.75, 3.05) is 6.54 Å². The molecule has 0 aromatic carbocycles. The molecule has 0 saturated carbocycles. The van der Waals surface area contributed by atoms with Crippen LogP contribution in [0, 0.1) is 13.8 Å². The Morgan fingerprint density at radius 3 is 2.81 bits per heavy atom. The minimum Gasteiger partial charge on any atom is -0.487 e. The van der Waals surface area contributed by atoms with E-state index in [1.807, 2.05) is 38.4 Å². The molecule has 1 N–H and O–H groups in total. The number of nitrogens with zero attached hydrogens (tertiary/aromatic N) is 2. The van der Waals surface area contributed by atoms with Crippen molar-refractivity contribution in [2.24, 2.45) is 0 Å². The lowest BCUT2D eigenvalue weighted by Gasteiger charge is -2.12. The second-order valence-electron chi connectivity index (χ2n) is 5.23. The molecule has 0 amide bonds. The van der Waals surface area contributed by atoms with Crippen LogP contribution in [-0.2, 0) is 13.2 Å². The van der Waals surface area contributed by atoms with Gasteiger partial charge in [-0.1, -0.05) is 6.92 Å². The van der Waals surface area contributed by atoms with Crippen molar-refractivity contribution in [3.63, 3.8) is 0 Å². The summed E-state index contributed by atoms with van der Waals surface area (Å²) in [6.07, 6.45) is 4.79. The summed E-state index contributed by atoms with van der Waals surface area (Å²) < 4.78 is 5.92. The quantitative estimate of drug-likeness (QED) is 0.794. The van der Waals surface area contributed by atoms with E-state index in [0.29, 0.717) is 6.61 Å². The molecule has 4 nitrogen and oxygen atoms in total. The first-order valence-electron chi connectivity index (χ1n) is 7.39. The van der Waals surface area contributed by atoms with Crippen molar-refractivity contribution < 1.29 is 4.74 Å². The van der Waals surface area contributed by atoms with E-state index in [0.717, 1.165) is 47.8 Å². The van der Waals surface area contributed by atoms with E-state index < -0.39 is 0 Å². The van der Waals surface area contributed by atoms with Crippen LogP contribution in [0.3, 0.4) is 0 Å². The summed E-state index contributed by atoms with van der Waals surface area (Å²) >= 11 is 0. The number of pyridine rings is 2. The molecule has 0 atom stereocenters. The van der Waals surface area contributed by atoms with Gasteiger partial charge in [0.05, 0.1) is 5.69 Å². The Balaban J connectivity index is 2.04. The second-order valence-corrected chi connectivity index (χ2v) is 5.23. The molecule has 2 heterocycles. The Morgan fingerprint density at radius 2 is 2.05 bits per heavy atom. The molecule has 0 spiro atoms. The number of rotatable bonds is 7. The first-order valence-corrected chi connectivity index (χ1v) is 7.39. The molecule has 2 rings (SSSR count). The summed E-state index contributed by atoms with van der Waals surface area (Å²) in [7, 11) is 0. The van der Waals surface area contributed by atoms with E-state index in [-0.39, 0.29) is 0 Å². The fraction of sp³-hybridized carbons (Fsp3) is 0.412. The van der Waals surface area contributed by atoms with E-state index >= 15 is 0 Å². The lowest BCUT2D eigenvalue weighted by molar-refractivity contribution is 0.299. The predicted octanol–water partition coefficient (Wildman–Crippen LogP) is 3.17. The van der Waals surface area contributed by atoms with Crippen LogP contribution in [-0.4, -0.2) is 16.5 Å². The minimum absolute atomic E-state index is 0.514. The number of hydrogen-bond acceptors (Lipinski definition) is 4. The Hall–Kier alpha value is -1.94. The minimum atomic E-state index is 0.514. The molecule has 0 unspecified atom stereocenters. The largest absolute Gasteiger partial charge is 0.487 e. The average molecular weight is 285 g/mol. The molecule has 4 heteroatoms. The fourth-order valence-corrected chi connectivity index (χ4v) is 2.10. The molecule has 0 aliphatic carbocycles. The molecule has 0 fully saturated rings. The summed E-state index contributed by atoms with van der Waals surface area (Å²) in [5.41, 5.74) is 4.18. The second kappa shape index (κ2) is 7.74. The van der Waals surface area contributed by atoms with E-state index in [4.69, 9.17) is 4.74 Å². The standard InChI is InChI=1S/C17H23N3O/c1-4-7-18-11-16-17(6-5-14(3)20-16)21-12-15-8-13(2)9-19-10-15/h5-6,8-10,18H,4,7,11-12H2,1-3H3. The molecule has 0 radical (unpaired) electrons. The molecular weight excluding hydrogens is 262 g/mol. The highest BCUT2D eigenvalue weighted by atomic mass is 16.5. The highest BCUT2D eigenvalue weighted by Crippen LogP contribution is 2.18. The smallest absolute Gasteiger partial charge is 0.142 e. The monoisotopic (exact) mass is 285 g/mol. The van der Waals surface area contributed by atoms with Crippen LogP contribution in [0.4, 0.5) is 0 Å². The van der Waals surface area contributed by atoms with E-state index in [1.165, 1.54) is 0 Å². The van der Waals surface area contributed by atoms with Crippen molar-refractivity contribution in [1.29, 1.82) is 0 Å². The molecule has 0 aliphatic heterocycles. The van der Waals surface area contributed by atoms with Gasteiger partial charge in [0.25, 0.3) is 0 Å². The fourth-order valence-electron chi connectivity index (χ4n) is 2.10. The van der Waals surface area contributed by atoms with Crippen LogP contribution < -0.4 is 10.1 Å². The summed E-state index contributed by atoms with van der Waals surface area (Å²) in [5.74, 6) is 0.839. The average Bonchev–Trinajstić information content (AvgIpc) is 2.47. The third-order valence-corrected chi connectivity index (χ3v) is 3.12. The van der Waals surface area contributed by atoms with Crippen molar-refractivity contribution >= 4 is 0 Å². The van der Waals surface area contributed by atoms with Crippen LogP contribution in [0.1, 0.15) is 35.9 Å². The molecule has 2 aromatic rings. The number of hydrogen-bond donors (Lipinski definition) is 1. The van der Waals surface area contributed by atoms with Gasteiger partial charge in [-0.25, -0.2) is 0 Å². The van der Waals surface area contributed by atoms with Crippen LogP contribution in [0.25, 0.3) is 0 Å². The zero-order valence-corrected chi connectivity index (χ0v) is 13.0. The van der Waals surface area contributed by atoms with Crippen molar-refractivity contribution in [3.05, 3.63) is 53.1 Å². The van der Waals surface area contributed by atoms with Crippen molar-refractivity contribution in [2.45, 2.75) is 40.3 Å². The van der Waals surface area contributed by atoms with Gasteiger partial charge in [-0.3, -0.25) is 9.97 Å². The lowest BCUT2D eigenvalue weighted by Crippen LogP contribution is -2.16. The summed E-state index contributed by atoms with van der Waals surface area (Å²) in [6, 6.07) is 6.06. The molecular formula is C17H23N3O. The number of nitrogens with one attached hydrogen (secondary N) is 1. The topological polar surface area (TPSA) is 47.0 Å². The van der Waals surface area contributed by atoms with E-state index in [2.05, 4.69) is 28.3 Å². The highest BCUT2D eigenvalue weighted by molar-refractivity contribution is 5.29. The van der Waals surface area contributed by atoms with Gasteiger partial charge in [-0.2, -0.15) is 0 Å². The molecule has 2 aromatic heterocycles. The predicted molar refractivity (Wildman–Crippen MR) is 84.3 cm³/mol. The van der Waals surface area contributed by atoms with E-state index in [1.54, 1.807) is 0 Å². The SMILES string of the molecule is CCCNCc1nc(C)ccc1OCc1cncc(C)c1. The first kappa shape index (κ1) is 15.4. The molecule has 0 bridgehead atoms. The molecule has 112 valence electrons. The third-order valence-electron chi connectivity index (χ3n) is 3.12. The Labute approximate surface area is 126 Å². The van der Waals surface area contributed by atoms with Crippen molar-refractivity contribution in [1.82, 2.24) is 15.3 Å². The highest BCUT2D eigenvalue weighted by Gasteiger charge is 2.06. The molecule has 0 aliphatic rings. The molecule has 21 heavy (non-hydrogen) atoms. The van der Waals surface area contributed by atoms with Crippen LogP contribution >= 0.6 is 0 Å². The van der Waals surface area contributed by atoms with Gasteiger partial charge in [0.15, 0.2) is 0 Å². The van der Waals surface area contributed by atoms with Crippen LogP contribution in [0.2, 0.25) is 0 Å². The Morgan fingerprint density at radius 1 is 1.19 bits per heavy atom. The number of ether oxygens (including phenoxy) is 1. The number of aromatic nitrogens is 2. The maximum Gasteiger partial charge on any atom is 0.142 e. The number of aryl methyl sites for hydroxylation is 2. The van der Waals surface area contributed by atoms with Gasteiger partial charge in [0, 0.05) is 30.2 Å². The maximum absolute atomic E-state index is 5.92. The molecule has 0 saturated heterocycles. The lowest BCUT2D eigenvalue weighted by atomic mass is 10.2. The van der Waals surface area contributed by atoms with Crippen LogP contribution in [0.5, 0.6) is 5.75 Å². The van der Waals surface area contributed by atoms with Gasteiger partial charge >= 0.3 is 0 Å². The third kappa shape index (κ3) is 4.83. The zero-order valence-electron chi connectivity index (χ0n) is 13.0. The van der Waals surface area contributed by atoms with Gasteiger partial charge in [0.1, 0.15) is 12.4 Å². The summed E-state index contributed by atoms with van der Waals surface area (Å²) in [4.78, 5) is 8.76. The van der Waals surface area contributed by atoms with Gasteiger partial charge in [0.2, 0.25) is 0 Å². The van der Waals surface area contributed by atoms with Crippen LogP contribution in [0.15, 0.2) is 30.6 Å². The summed E-state index contributed by atoms with van der Waals surface area (Å²) in [5, 5.41) is 3.37.